The Kier molecular flexibility index (Phi) is 4.08. The maximum atomic E-state index is 13.4. The second-order valence-electron chi connectivity index (χ2n) is 4.09. The molecule has 1 aromatic rings. The number of hydrogen-bond donors (Lipinski definition) is 2. The standard InChI is InChI=1S/C11H17FN4O/c1-13-11-15-6-9(12)10(16-11)14-4-2-8-3-5-17-7-8/h6,8H,2-5,7H2,1H3,(H2,13,14,15,16). The third-order valence-corrected chi connectivity index (χ3v) is 2.84. The van der Waals surface area contributed by atoms with E-state index in [2.05, 4.69) is 20.6 Å². The molecule has 1 aliphatic rings. The van der Waals surface area contributed by atoms with Gasteiger partial charge in [-0.25, -0.2) is 9.37 Å². The predicted molar refractivity (Wildman–Crippen MR) is 63.6 cm³/mol. The summed E-state index contributed by atoms with van der Waals surface area (Å²) in [6.45, 7) is 2.36. The minimum atomic E-state index is -0.424. The predicted octanol–water partition coefficient (Wildman–Crippen LogP) is 1.50. The second kappa shape index (κ2) is 5.77. The van der Waals surface area contributed by atoms with Crippen LogP contribution in [0.5, 0.6) is 0 Å². The molecule has 5 nitrogen and oxygen atoms in total. The Balaban J connectivity index is 1.84. The summed E-state index contributed by atoms with van der Waals surface area (Å²) in [5.41, 5.74) is 0. The van der Waals surface area contributed by atoms with Crippen molar-refractivity contribution in [1.82, 2.24) is 9.97 Å². The Morgan fingerprint density at radius 2 is 2.47 bits per heavy atom. The molecule has 17 heavy (non-hydrogen) atoms. The molecular formula is C11H17FN4O. The van der Waals surface area contributed by atoms with Crippen molar-refractivity contribution in [3.05, 3.63) is 12.0 Å². The minimum Gasteiger partial charge on any atom is -0.381 e. The van der Waals surface area contributed by atoms with E-state index in [0.29, 0.717) is 18.4 Å². The van der Waals surface area contributed by atoms with Gasteiger partial charge < -0.3 is 15.4 Å². The van der Waals surface area contributed by atoms with Crippen molar-refractivity contribution < 1.29 is 9.13 Å². The second-order valence-corrected chi connectivity index (χ2v) is 4.09. The van der Waals surface area contributed by atoms with Crippen LogP contribution in [0.2, 0.25) is 0 Å². The number of anilines is 2. The summed E-state index contributed by atoms with van der Waals surface area (Å²) in [5, 5.41) is 5.77. The molecule has 2 heterocycles. The molecule has 0 amide bonds. The molecule has 2 N–H and O–H groups in total. The summed E-state index contributed by atoms with van der Waals surface area (Å²) in [5.74, 6) is 0.823. The molecule has 0 spiro atoms. The quantitative estimate of drug-likeness (QED) is 0.816. The van der Waals surface area contributed by atoms with Crippen molar-refractivity contribution >= 4 is 11.8 Å². The molecule has 1 fully saturated rings. The molecule has 1 aliphatic heterocycles. The van der Waals surface area contributed by atoms with Crippen molar-refractivity contribution in [2.45, 2.75) is 12.8 Å². The number of aromatic nitrogens is 2. The highest BCUT2D eigenvalue weighted by Gasteiger charge is 2.15. The first-order valence-corrected chi connectivity index (χ1v) is 5.81. The Bertz CT molecular complexity index is 368. The molecule has 94 valence electrons. The average molecular weight is 240 g/mol. The van der Waals surface area contributed by atoms with Crippen LogP contribution in [0.3, 0.4) is 0 Å². The van der Waals surface area contributed by atoms with Gasteiger partial charge in [0.2, 0.25) is 5.95 Å². The minimum absolute atomic E-state index is 0.253. The van der Waals surface area contributed by atoms with Crippen molar-refractivity contribution in [2.75, 3.05) is 37.4 Å². The van der Waals surface area contributed by atoms with Gasteiger partial charge in [0.25, 0.3) is 0 Å². The zero-order chi connectivity index (χ0) is 12.1. The van der Waals surface area contributed by atoms with Crippen LogP contribution in [0.1, 0.15) is 12.8 Å². The molecule has 0 bridgehead atoms. The van der Waals surface area contributed by atoms with Gasteiger partial charge in [0.05, 0.1) is 6.20 Å². The molecule has 1 aromatic heterocycles. The highest BCUT2D eigenvalue weighted by Crippen LogP contribution is 2.17. The summed E-state index contributed by atoms with van der Waals surface area (Å²) in [7, 11) is 1.70. The SMILES string of the molecule is CNc1ncc(F)c(NCCC2CCOC2)n1. The van der Waals surface area contributed by atoms with Gasteiger partial charge in [-0.2, -0.15) is 4.98 Å². The van der Waals surface area contributed by atoms with Gasteiger partial charge in [0.1, 0.15) is 0 Å². The van der Waals surface area contributed by atoms with Crippen LogP contribution in [0.15, 0.2) is 6.20 Å². The van der Waals surface area contributed by atoms with E-state index >= 15 is 0 Å². The number of halogens is 1. The van der Waals surface area contributed by atoms with E-state index < -0.39 is 5.82 Å². The van der Waals surface area contributed by atoms with Crippen LogP contribution >= 0.6 is 0 Å². The molecule has 0 aromatic carbocycles. The average Bonchev–Trinajstić information content (AvgIpc) is 2.84. The van der Waals surface area contributed by atoms with Gasteiger partial charge in [-0.1, -0.05) is 0 Å². The number of nitrogens with one attached hydrogen (secondary N) is 2. The van der Waals surface area contributed by atoms with Crippen LogP contribution in [-0.4, -0.2) is 36.8 Å². The fraction of sp³-hybridized carbons (Fsp3) is 0.636. The van der Waals surface area contributed by atoms with Crippen LogP contribution < -0.4 is 10.6 Å². The van der Waals surface area contributed by atoms with E-state index in [1.165, 1.54) is 6.20 Å². The molecule has 6 heteroatoms. The lowest BCUT2D eigenvalue weighted by Gasteiger charge is -2.10. The van der Waals surface area contributed by atoms with Gasteiger partial charge in [-0.05, 0) is 18.8 Å². The maximum Gasteiger partial charge on any atom is 0.224 e. The molecule has 0 radical (unpaired) electrons. The molecule has 1 saturated heterocycles. The highest BCUT2D eigenvalue weighted by atomic mass is 19.1. The summed E-state index contributed by atoms with van der Waals surface area (Å²) in [4.78, 5) is 7.80. The Labute approximate surface area is 99.8 Å². The van der Waals surface area contributed by atoms with Crippen LogP contribution in [0, 0.1) is 11.7 Å². The van der Waals surface area contributed by atoms with Crippen molar-refractivity contribution in [1.29, 1.82) is 0 Å². The molecule has 0 aliphatic carbocycles. The van der Waals surface area contributed by atoms with E-state index in [0.717, 1.165) is 26.1 Å². The third kappa shape index (κ3) is 3.26. The Hall–Kier alpha value is -1.43. The lowest BCUT2D eigenvalue weighted by molar-refractivity contribution is 0.185. The summed E-state index contributed by atoms with van der Waals surface area (Å²) in [6, 6.07) is 0. The first kappa shape index (κ1) is 12.0. The van der Waals surface area contributed by atoms with Crippen molar-refractivity contribution in [3.63, 3.8) is 0 Å². The number of rotatable bonds is 5. The number of ether oxygens (including phenoxy) is 1. The topological polar surface area (TPSA) is 59.1 Å². The largest absolute Gasteiger partial charge is 0.381 e. The Morgan fingerprint density at radius 3 is 3.18 bits per heavy atom. The molecule has 1 atom stereocenters. The highest BCUT2D eigenvalue weighted by molar-refractivity contribution is 5.40. The first-order chi connectivity index (χ1) is 8.29. The fourth-order valence-corrected chi connectivity index (χ4v) is 1.82. The molecule has 1 unspecified atom stereocenters. The van der Waals surface area contributed by atoms with E-state index in [-0.39, 0.29) is 5.82 Å². The normalized spacial score (nSPS) is 19.3. The van der Waals surface area contributed by atoms with Crippen molar-refractivity contribution in [3.8, 4) is 0 Å². The Morgan fingerprint density at radius 1 is 1.59 bits per heavy atom. The van der Waals surface area contributed by atoms with Gasteiger partial charge in [-0.15, -0.1) is 0 Å². The summed E-state index contributed by atoms with van der Waals surface area (Å²) >= 11 is 0. The van der Waals surface area contributed by atoms with Gasteiger partial charge in [0.15, 0.2) is 11.6 Å². The number of hydrogen-bond acceptors (Lipinski definition) is 5. The zero-order valence-electron chi connectivity index (χ0n) is 9.87. The van der Waals surface area contributed by atoms with Crippen molar-refractivity contribution in [2.24, 2.45) is 5.92 Å². The first-order valence-electron chi connectivity index (χ1n) is 5.81. The van der Waals surface area contributed by atoms with E-state index in [9.17, 15) is 4.39 Å². The maximum absolute atomic E-state index is 13.4. The zero-order valence-corrected chi connectivity index (χ0v) is 9.87. The van der Waals surface area contributed by atoms with Crippen LogP contribution in [0.4, 0.5) is 16.2 Å². The van der Waals surface area contributed by atoms with Gasteiger partial charge in [0, 0.05) is 26.8 Å². The monoisotopic (exact) mass is 240 g/mol. The lowest BCUT2D eigenvalue weighted by atomic mass is 10.1. The van der Waals surface area contributed by atoms with Gasteiger partial charge >= 0.3 is 0 Å². The van der Waals surface area contributed by atoms with Gasteiger partial charge in [-0.3, -0.25) is 0 Å². The molecular weight excluding hydrogens is 223 g/mol. The van der Waals surface area contributed by atoms with E-state index in [4.69, 9.17) is 4.74 Å². The summed E-state index contributed by atoms with van der Waals surface area (Å²) < 4.78 is 18.6. The van der Waals surface area contributed by atoms with E-state index in [1.807, 2.05) is 0 Å². The molecule has 2 rings (SSSR count). The summed E-state index contributed by atoms with van der Waals surface area (Å²) in [6.07, 6.45) is 3.23. The van der Waals surface area contributed by atoms with Crippen LogP contribution in [0.25, 0.3) is 0 Å². The number of nitrogens with zero attached hydrogens (tertiary/aromatic N) is 2. The molecule has 0 saturated carbocycles. The van der Waals surface area contributed by atoms with Crippen LogP contribution in [-0.2, 0) is 4.74 Å². The fourth-order valence-electron chi connectivity index (χ4n) is 1.82. The lowest BCUT2D eigenvalue weighted by Crippen LogP contribution is -2.12. The third-order valence-electron chi connectivity index (χ3n) is 2.84. The van der Waals surface area contributed by atoms with E-state index in [1.54, 1.807) is 7.05 Å². The smallest absolute Gasteiger partial charge is 0.224 e.